The standard InChI is InChI=1S/C14H28O2Si/c1-11(2)9-12(3)13(15)10-16-17(7,8)14(4,5)6/h13,15H,10H2,1-8H3/t13-/m0/s1. The summed E-state index contributed by atoms with van der Waals surface area (Å²) in [6.07, 6.45) is -0.543. The third-order valence-electron chi connectivity index (χ3n) is 3.36. The van der Waals surface area contributed by atoms with Gasteiger partial charge >= 0.3 is 0 Å². The topological polar surface area (TPSA) is 29.5 Å². The van der Waals surface area contributed by atoms with Crippen molar-refractivity contribution in [2.24, 2.45) is 0 Å². The van der Waals surface area contributed by atoms with Gasteiger partial charge in [-0.2, -0.15) is 0 Å². The van der Waals surface area contributed by atoms with E-state index < -0.39 is 14.4 Å². The molecule has 0 unspecified atom stereocenters. The fourth-order valence-corrected chi connectivity index (χ4v) is 2.11. The lowest BCUT2D eigenvalue weighted by Crippen LogP contribution is -2.42. The monoisotopic (exact) mass is 256 g/mol. The third kappa shape index (κ3) is 5.69. The van der Waals surface area contributed by atoms with Gasteiger partial charge in [-0.1, -0.05) is 20.8 Å². The van der Waals surface area contributed by atoms with Crippen molar-refractivity contribution in [1.29, 1.82) is 0 Å². The number of hydrogen-bond donors (Lipinski definition) is 1. The van der Waals surface area contributed by atoms with Crippen molar-refractivity contribution in [3.8, 4) is 0 Å². The van der Waals surface area contributed by atoms with Crippen molar-refractivity contribution in [2.75, 3.05) is 6.61 Å². The Morgan fingerprint density at radius 2 is 1.71 bits per heavy atom. The van der Waals surface area contributed by atoms with Gasteiger partial charge in [0.05, 0.1) is 6.61 Å². The second-order valence-electron chi connectivity index (χ2n) is 6.40. The number of aliphatic hydroxyl groups is 1. The van der Waals surface area contributed by atoms with Gasteiger partial charge < -0.3 is 9.53 Å². The fraction of sp³-hybridized carbons (Fsp3) is 0.786. The molecular weight excluding hydrogens is 228 g/mol. The van der Waals surface area contributed by atoms with Crippen molar-refractivity contribution in [3.63, 3.8) is 0 Å². The normalized spacial score (nSPS) is 14.2. The predicted molar refractivity (Wildman–Crippen MR) is 76.7 cm³/mol. The van der Waals surface area contributed by atoms with Gasteiger partial charge in [0.25, 0.3) is 0 Å². The number of rotatable bonds is 4. The molecule has 0 aromatic rings. The van der Waals surface area contributed by atoms with Crippen molar-refractivity contribution in [1.82, 2.24) is 0 Å². The van der Waals surface area contributed by atoms with Crippen LogP contribution in [0.5, 0.6) is 0 Å². The molecule has 3 heteroatoms. The Hall–Kier alpha value is -0.343. The van der Waals surface area contributed by atoms with E-state index in [1.807, 2.05) is 20.8 Å². The minimum Gasteiger partial charge on any atom is -0.414 e. The van der Waals surface area contributed by atoms with Crippen LogP contribution in [0.4, 0.5) is 0 Å². The van der Waals surface area contributed by atoms with Crippen LogP contribution in [0.2, 0.25) is 18.1 Å². The summed E-state index contributed by atoms with van der Waals surface area (Å²) in [6, 6.07) is 0. The van der Waals surface area contributed by atoms with Crippen LogP contribution in [-0.2, 0) is 4.43 Å². The molecule has 17 heavy (non-hydrogen) atoms. The average molecular weight is 256 g/mol. The smallest absolute Gasteiger partial charge is 0.192 e. The highest BCUT2D eigenvalue weighted by Gasteiger charge is 2.37. The lowest BCUT2D eigenvalue weighted by molar-refractivity contribution is 0.127. The summed E-state index contributed by atoms with van der Waals surface area (Å²) < 4.78 is 5.98. The predicted octanol–water partition coefficient (Wildman–Crippen LogP) is 3.88. The zero-order valence-corrected chi connectivity index (χ0v) is 13.6. The highest BCUT2D eigenvalue weighted by molar-refractivity contribution is 6.74. The molecule has 0 bridgehead atoms. The van der Waals surface area contributed by atoms with Crippen LogP contribution in [-0.4, -0.2) is 26.1 Å². The van der Waals surface area contributed by atoms with E-state index >= 15 is 0 Å². The van der Waals surface area contributed by atoms with Gasteiger partial charge in [-0.3, -0.25) is 0 Å². The summed E-state index contributed by atoms with van der Waals surface area (Å²) in [6.45, 7) is 17.2. The van der Waals surface area contributed by atoms with Gasteiger partial charge in [-0.25, -0.2) is 0 Å². The molecule has 0 spiro atoms. The minimum atomic E-state index is -1.76. The molecule has 0 heterocycles. The maximum absolute atomic E-state index is 9.98. The summed E-state index contributed by atoms with van der Waals surface area (Å²) in [4.78, 5) is 0. The maximum atomic E-state index is 9.98. The summed E-state index contributed by atoms with van der Waals surface area (Å²) in [5, 5.41) is 10.2. The first-order valence-electron chi connectivity index (χ1n) is 6.20. The first-order valence-corrected chi connectivity index (χ1v) is 9.11. The Morgan fingerprint density at radius 3 is 2.06 bits per heavy atom. The second kappa shape index (κ2) is 6.01. The van der Waals surface area contributed by atoms with Gasteiger partial charge in [0.15, 0.2) is 8.32 Å². The van der Waals surface area contributed by atoms with Gasteiger partial charge in [0, 0.05) is 0 Å². The Balaban J connectivity index is 4.56. The van der Waals surface area contributed by atoms with E-state index in [1.165, 1.54) is 0 Å². The highest BCUT2D eigenvalue weighted by atomic mass is 28.4. The first-order chi connectivity index (χ1) is 7.47. The summed E-state index contributed by atoms with van der Waals surface area (Å²) in [5.74, 6) is 0. The van der Waals surface area contributed by atoms with E-state index in [0.717, 1.165) is 11.1 Å². The van der Waals surface area contributed by atoms with E-state index in [9.17, 15) is 5.11 Å². The molecule has 0 radical (unpaired) electrons. The van der Waals surface area contributed by atoms with Gasteiger partial charge in [-0.15, -0.1) is 5.73 Å². The molecule has 0 saturated carbocycles. The highest BCUT2D eigenvalue weighted by Crippen LogP contribution is 2.36. The molecule has 0 rings (SSSR count). The zero-order chi connectivity index (χ0) is 13.9. The molecule has 1 N–H and O–H groups in total. The van der Waals surface area contributed by atoms with Gasteiger partial charge in [0.2, 0.25) is 0 Å². The van der Waals surface area contributed by atoms with Crippen LogP contribution in [0.25, 0.3) is 0 Å². The Bertz CT molecular complexity index is 314. The van der Waals surface area contributed by atoms with Crippen LogP contribution in [0.1, 0.15) is 41.5 Å². The van der Waals surface area contributed by atoms with E-state index in [4.69, 9.17) is 4.43 Å². The summed E-state index contributed by atoms with van der Waals surface area (Å²) >= 11 is 0. The molecule has 2 nitrogen and oxygen atoms in total. The Labute approximate surface area is 108 Å². The van der Waals surface area contributed by atoms with Gasteiger partial charge in [0.1, 0.15) is 6.10 Å². The second-order valence-corrected chi connectivity index (χ2v) is 11.2. The van der Waals surface area contributed by atoms with Crippen molar-refractivity contribution in [2.45, 2.75) is 65.8 Å². The summed E-state index contributed by atoms with van der Waals surface area (Å²) in [7, 11) is -1.76. The molecule has 0 saturated heterocycles. The first kappa shape index (κ1) is 16.7. The largest absolute Gasteiger partial charge is 0.414 e. The molecule has 100 valence electrons. The number of hydrogen-bond acceptors (Lipinski definition) is 2. The molecule has 0 fully saturated rings. The average Bonchev–Trinajstić information content (AvgIpc) is 2.11. The quantitative estimate of drug-likeness (QED) is 0.611. The van der Waals surface area contributed by atoms with Crippen LogP contribution in [0.15, 0.2) is 16.9 Å². The minimum absolute atomic E-state index is 0.181. The molecule has 0 aromatic carbocycles. The lowest BCUT2D eigenvalue weighted by Gasteiger charge is -2.36. The maximum Gasteiger partial charge on any atom is 0.192 e. The van der Waals surface area contributed by atoms with E-state index in [-0.39, 0.29) is 5.04 Å². The molecular formula is C14H28O2Si. The van der Waals surface area contributed by atoms with Crippen molar-refractivity contribution < 1.29 is 9.53 Å². The Morgan fingerprint density at radius 1 is 1.24 bits per heavy atom. The summed E-state index contributed by atoms with van der Waals surface area (Å²) in [5.41, 5.74) is 5.06. The molecule has 0 aliphatic rings. The van der Waals surface area contributed by atoms with E-state index in [0.29, 0.717) is 6.61 Å². The van der Waals surface area contributed by atoms with E-state index in [1.54, 1.807) is 0 Å². The molecule has 0 aromatic heterocycles. The van der Waals surface area contributed by atoms with Crippen LogP contribution in [0, 0.1) is 0 Å². The molecule has 0 aliphatic heterocycles. The van der Waals surface area contributed by atoms with Crippen LogP contribution >= 0.6 is 0 Å². The SMILES string of the molecule is CC(C)=C=C(C)[C@@H](O)CO[Si](C)(C)C(C)(C)C. The van der Waals surface area contributed by atoms with Crippen molar-refractivity contribution in [3.05, 3.63) is 16.9 Å². The van der Waals surface area contributed by atoms with E-state index in [2.05, 4.69) is 39.6 Å². The molecule has 1 atom stereocenters. The van der Waals surface area contributed by atoms with Gasteiger partial charge in [-0.05, 0) is 50.0 Å². The molecule has 0 amide bonds. The zero-order valence-electron chi connectivity index (χ0n) is 12.6. The van der Waals surface area contributed by atoms with Crippen LogP contribution < -0.4 is 0 Å². The fourth-order valence-electron chi connectivity index (χ4n) is 1.11. The third-order valence-corrected chi connectivity index (χ3v) is 7.86. The molecule has 0 aliphatic carbocycles. The number of aliphatic hydroxyl groups excluding tert-OH is 1. The van der Waals surface area contributed by atoms with Crippen molar-refractivity contribution >= 4 is 8.32 Å². The van der Waals surface area contributed by atoms with Crippen LogP contribution in [0.3, 0.4) is 0 Å². The lowest BCUT2D eigenvalue weighted by atomic mass is 10.2. The Kier molecular flexibility index (Phi) is 5.89.